The summed E-state index contributed by atoms with van der Waals surface area (Å²) in [6.07, 6.45) is 3.89. The summed E-state index contributed by atoms with van der Waals surface area (Å²) in [7, 11) is 0. The Hall–Kier alpha value is -1.96. The normalized spacial score (nSPS) is 13.2. The number of carbonyl (C=O) groups excluding carboxylic acids is 3. The first-order valence-corrected chi connectivity index (χ1v) is 10.7. The summed E-state index contributed by atoms with van der Waals surface area (Å²) in [6, 6.07) is -0.969. The van der Waals surface area contributed by atoms with E-state index in [1.54, 1.807) is 6.92 Å². The maximum atomic E-state index is 12.3. The van der Waals surface area contributed by atoms with Crippen LogP contribution in [0.2, 0.25) is 0 Å². The van der Waals surface area contributed by atoms with E-state index in [0.29, 0.717) is 19.3 Å². The van der Waals surface area contributed by atoms with Crippen LogP contribution in [-0.2, 0) is 19.2 Å². The van der Waals surface area contributed by atoms with Crippen LogP contribution in [0.5, 0.6) is 0 Å². The summed E-state index contributed by atoms with van der Waals surface area (Å²) in [5.41, 5.74) is 0. The molecule has 0 aromatic rings. The number of unbranched alkanes of at least 4 members (excludes halogenated alkanes) is 2. The van der Waals surface area contributed by atoms with Gasteiger partial charge < -0.3 is 21.1 Å². The minimum atomic E-state index is -1.12. The molecular weight excluding hydrogens is 374 g/mol. The SMILES string of the molecule is CCC(=O)N[C@@H](CCC(=O)CCCCCC(NC(C)C)C(=O)NC(C)C)C(=O)O. The van der Waals surface area contributed by atoms with E-state index in [0.717, 1.165) is 12.8 Å². The Kier molecular flexibility index (Phi) is 13.9. The van der Waals surface area contributed by atoms with Gasteiger partial charge in [-0.2, -0.15) is 0 Å². The Morgan fingerprint density at radius 1 is 0.793 bits per heavy atom. The van der Waals surface area contributed by atoms with Crippen molar-refractivity contribution in [2.75, 3.05) is 0 Å². The van der Waals surface area contributed by atoms with Gasteiger partial charge >= 0.3 is 5.97 Å². The summed E-state index contributed by atoms with van der Waals surface area (Å²) in [4.78, 5) is 46.8. The molecule has 0 saturated heterocycles. The molecule has 0 aliphatic carbocycles. The largest absolute Gasteiger partial charge is 0.480 e. The molecule has 0 aliphatic rings. The monoisotopic (exact) mass is 413 g/mol. The molecule has 8 nitrogen and oxygen atoms in total. The highest BCUT2D eigenvalue weighted by Gasteiger charge is 2.21. The van der Waals surface area contributed by atoms with E-state index in [-0.39, 0.29) is 55.0 Å². The average molecular weight is 414 g/mol. The van der Waals surface area contributed by atoms with Crippen LogP contribution in [0, 0.1) is 0 Å². The number of hydrogen-bond donors (Lipinski definition) is 4. The molecule has 0 radical (unpaired) electrons. The summed E-state index contributed by atoms with van der Waals surface area (Å²) in [5, 5.41) is 17.7. The summed E-state index contributed by atoms with van der Waals surface area (Å²) in [5.74, 6) is -1.46. The van der Waals surface area contributed by atoms with Crippen molar-refractivity contribution in [2.45, 2.75) is 110 Å². The zero-order chi connectivity index (χ0) is 22.4. The minimum Gasteiger partial charge on any atom is -0.480 e. The van der Waals surface area contributed by atoms with E-state index in [1.807, 2.05) is 27.7 Å². The van der Waals surface area contributed by atoms with Gasteiger partial charge in [0.1, 0.15) is 11.8 Å². The number of Topliss-reactive ketones (excluding diaryl/α,β-unsaturated/α-hetero) is 1. The number of carboxylic acids is 1. The number of ketones is 1. The number of rotatable bonds is 16. The van der Waals surface area contributed by atoms with Crippen molar-refractivity contribution < 1.29 is 24.3 Å². The predicted octanol–water partition coefficient (Wildman–Crippen LogP) is 2.16. The molecule has 0 spiro atoms. The molecule has 2 atom stereocenters. The Bertz CT molecular complexity index is 534. The van der Waals surface area contributed by atoms with E-state index < -0.39 is 12.0 Å². The molecule has 4 N–H and O–H groups in total. The van der Waals surface area contributed by atoms with E-state index in [2.05, 4.69) is 16.0 Å². The van der Waals surface area contributed by atoms with Crippen molar-refractivity contribution >= 4 is 23.6 Å². The molecule has 0 aliphatic heterocycles. The van der Waals surface area contributed by atoms with Crippen molar-refractivity contribution in [3.63, 3.8) is 0 Å². The Balaban J connectivity index is 4.20. The van der Waals surface area contributed by atoms with Crippen molar-refractivity contribution in [2.24, 2.45) is 0 Å². The molecule has 0 aromatic heterocycles. The maximum absolute atomic E-state index is 12.3. The first kappa shape index (κ1) is 27.0. The van der Waals surface area contributed by atoms with Gasteiger partial charge in [-0.1, -0.05) is 33.6 Å². The van der Waals surface area contributed by atoms with Crippen LogP contribution in [0.3, 0.4) is 0 Å². The quantitative estimate of drug-likeness (QED) is 0.287. The molecule has 2 amide bonds. The number of carbonyl (C=O) groups is 4. The van der Waals surface area contributed by atoms with Crippen LogP contribution >= 0.6 is 0 Å². The standard InChI is InChI=1S/C21H39N3O5/c1-6-19(26)24-18(21(28)29)13-12-16(25)10-8-7-9-11-17(22-14(2)3)20(27)23-15(4)5/h14-15,17-18,22H,6-13H2,1-5H3,(H,23,27)(H,24,26)(H,28,29)/t17?,18-/m0/s1. The molecule has 168 valence electrons. The van der Waals surface area contributed by atoms with Gasteiger partial charge in [-0.05, 0) is 33.1 Å². The lowest BCUT2D eigenvalue weighted by atomic mass is 10.0. The number of nitrogens with one attached hydrogen (secondary N) is 3. The fraction of sp³-hybridized carbons (Fsp3) is 0.810. The average Bonchev–Trinajstić information content (AvgIpc) is 2.62. The summed E-state index contributed by atoms with van der Waals surface area (Å²) in [6.45, 7) is 9.51. The lowest BCUT2D eigenvalue weighted by molar-refractivity contribution is -0.142. The molecule has 0 aromatic carbocycles. The Morgan fingerprint density at radius 3 is 1.97 bits per heavy atom. The van der Waals surface area contributed by atoms with Crippen LogP contribution in [0.4, 0.5) is 0 Å². The van der Waals surface area contributed by atoms with Crippen LogP contribution in [-0.4, -0.2) is 52.8 Å². The van der Waals surface area contributed by atoms with E-state index in [9.17, 15) is 19.2 Å². The Labute approximate surface area is 174 Å². The van der Waals surface area contributed by atoms with E-state index in [4.69, 9.17) is 5.11 Å². The van der Waals surface area contributed by atoms with Gasteiger partial charge in [0.25, 0.3) is 0 Å². The van der Waals surface area contributed by atoms with Crippen molar-refractivity contribution in [3.05, 3.63) is 0 Å². The third-order valence-corrected chi connectivity index (χ3v) is 4.40. The number of amides is 2. The molecule has 29 heavy (non-hydrogen) atoms. The second-order valence-corrected chi connectivity index (χ2v) is 8.03. The first-order valence-electron chi connectivity index (χ1n) is 10.7. The van der Waals surface area contributed by atoms with Gasteiger partial charge in [-0.3, -0.25) is 14.4 Å². The lowest BCUT2D eigenvalue weighted by Gasteiger charge is -2.22. The summed E-state index contributed by atoms with van der Waals surface area (Å²) < 4.78 is 0. The van der Waals surface area contributed by atoms with Crippen molar-refractivity contribution in [3.8, 4) is 0 Å². The highest BCUT2D eigenvalue weighted by atomic mass is 16.4. The fourth-order valence-electron chi connectivity index (χ4n) is 2.91. The van der Waals surface area contributed by atoms with Crippen LogP contribution in [0.1, 0.15) is 86.0 Å². The fourth-order valence-corrected chi connectivity index (χ4v) is 2.91. The number of hydrogen-bond acceptors (Lipinski definition) is 5. The first-order chi connectivity index (χ1) is 13.6. The third kappa shape index (κ3) is 13.8. The van der Waals surface area contributed by atoms with Gasteiger partial charge in [0, 0.05) is 31.3 Å². The van der Waals surface area contributed by atoms with Gasteiger partial charge in [-0.15, -0.1) is 0 Å². The zero-order valence-corrected chi connectivity index (χ0v) is 18.5. The van der Waals surface area contributed by atoms with Crippen LogP contribution < -0.4 is 16.0 Å². The minimum absolute atomic E-state index is 0.00128. The molecule has 0 saturated carbocycles. The van der Waals surface area contributed by atoms with Gasteiger partial charge in [0.15, 0.2) is 0 Å². The topological polar surface area (TPSA) is 125 Å². The third-order valence-electron chi connectivity index (χ3n) is 4.40. The Morgan fingerprint density at radius 2 is 1.45 bits per heavy atom. The molecule has 0 bridgehead atoms. The van der Waals surface area contributed by atoms with E-state index >= 15 is 0 Å². The summed E-state index contributed by atoms with van der Waals surface area (Å²) >= 11 is 0. The molecular formula is C21H39N3O5. The highest BCUT2D eigenvalue weighted by molar-refractivity contribution is 5.84. The molecule has 0 heterocycles. The molecule has 0 fully saturated rings. The van der Waals surface area contributed by atoms with Gasteiger partial charge in [-0.25, -0.2) is 4.79 Å². The van der Waals surface area contributed by atoms with Crippen molar-refractivity contribution in [1.29, 1.82) is 0 Å². The molecule has 1 unspecified atom stereocenters. The number of carboxylic acid groups (broad SMARTS) is 1. The predicted molar refractivity (Wildman–Crippen MR) is 113 cm³/mol. The van der Waals surface area contributed by atoms with Crippen LogP contribution in [0.25, 0.3) is 0 Å². The van der Waals surface area contributed by atoms with Gasteiger partial charge in [0.2, 0.25) is 11.8 Å². The lowest BCUT2D eigenvalue weighted by Crippen LogP contribution is -2.48. The second-order valence-electron chi connectivity index (χ2n) is 8.03. The van der Waals surface area contributed by atoms with Crippen LogP contribution in [0.15, 0.2) is 0 Å². The maximum Gasteiger partial charge on any atom is 0.326 e. The smallest absolute Gasteiger partial charge is 0.326 e. The zero-order valence-electron chi connectivity index (χ0n) is 18.5. The second kappa shape index (κ2) is 15.0. The number of aliphatic carboxylic acids is 1. The highest BCUT2D eigenvalue weighted by Crippen LogP contribution is 2.10. The molecule has 0 rings (SSSR count). The van der Waals surface area contributed by atoms with E-state index in [1.165, 1.54) is 0 Å². The van der Waals surface area contributed by atoms with Crippen molar-refractivity contribution in [1.82, 2.24) is 16.0 Å². The molecule has 8 heteroatoms. The van der Waals surface area contributed by atoms with Gasteiger partial charge in [0.05, 0.1) is 6.04 Å².